The normalized spacial score (nSPS) is 10.7. The highest BCUT2D eigenvalue weighted by Crippen LogP contribution is 2.22. The number of aliphatic carboxylic acids is 1. The van der Waals surface area contributed by atoms with Gasteiger partial charge in [0.2, 0.25) is 5.91 Å². The molecule has 0 aromatic carbocycles. The third kappa shape index (κ3) is 3.08. The first-order valence-corrected chi connectivity index (χ1v) is 6.83. The van der Waals surface area contributed by atoms with E-state index in [0.717, 1.165) is 11.8 Å². The average molecular weight is 294 g/mol. The molecule has 0 atom stereocenters. The number of likely N-dealkylation sites (N-methyl/N-ethyl adjacent to an activating group) is 1. The number of fused-ring (bicyclic) bond motifs is 1. The maximum absolute atomic E-state index is 11.9. The molecule has 0 saturated carbocycles. The molecule has 20 heavy (non-hydrogen) atoms. The van der Waals surface area contributed by atoms with E-state index in [0.29, 0.717) is 16.3 Å². The van der Waals surface area contributed by atoms with Gasteiger partial charge in [-0.3, -0.25) is 14.2 Å². The highest BCUT2D eigenvalue weighted by Gasteiger charge is 2.16. The number of pyridine rings is 1. The monoisotopic (exact) mass is 294 g/mol. The van der Waals surface area contributed by atoms with Crippen molar-refractivity contribution in [3.63, 3.8) is 0 Å². The molecule has 0 bridgehead atoms. The minimum Gasteiger partial charge on any atom is -0.481 e. The number of carboxylic acids is 1. The van der Waals surface area contributed by atoms with E-state index >= 15 is 0 Å². The fourth-order valence-electron chi connectivity index (χ4n) is 1.59. The number of amides is 1. The summed E-state index contributed by atoms with van der Waals surface area (Å²) in [5, 5.41) is 9.24. The molecule has 106 valence electrons. The van der Waals surface area contributed by atoms with Gasteiger partial charge in [0, 0.05) is 20.3 Å². The van der Waals surface area contributed by atoms with Crippen LogP contribution in [0.4, 0.5) is 0 Å². The summed E-state index contributed by atoms with van der Waals surface area (Å²) in [6, 6.07) is 3.53. The molecule has 2 aromatic heterocycles. The Morgan fingerprint density at radius 2 is 2.20 bits per heavy atom. The Hall–Kier alpha value is -2.09. The number of thioether (sulfide) groups is 1. The molecule has 0 aliphatic rings. The Morgan fingerprint density at radius 3 is 2.85 bits per heavy atom. The van der Waals surface area contributed by atoms with E-state index in [-0.39, 0.29) is 18.2 Å². The first kappa shape index (κ1) is 14.3. The van der Waals surface area contributed by atoms with Gasteiger partial charge in [0.1, 0.15) is 12.1 Å². The van der Waals surface area contributed by atoms with Gasteiger partial charge in [0.05, 0.1) is 5.75 Å². The summed E-state index contributed by atoms with van der Waals surface area (Å²) in [7, 11) is 3.33. The molecule has 0 aliphatic carbocycles. The molecule has 1 N–H and O–H groups in total. The number of hydrogen-bond acceptors (Lipinski definition) is 5. The molecule has 2 aromatic rings. The Balaban J connectivity index is 2.39. The topological polar surface area (TPSA) is 88.3 Å². The molecule has 1 amide bonds. The van der Waals surface area contributed by atoms with Crippen LogP contribution in [0.5, 0.6) is 0 Å². The number of rotatable bonds is 5. The van der Waals surface area contributed by atoms with Crippen LogP contribution in [0.1, 0.15) is 0 Å². The second kappa shape index (κ2) is 5.91. The summed E-state index contributed by atoms with van der Waals surface area (Å²) in [5.74, 6) is -1.15. The summed E-state index contributed by atoms with van der Waals surface area (Å²) in [4.78, 5) is 32.6. The van der Waals surface area contributed by atoms with Crippen molar-refractivity contribution in [3.8, 4) is 0 Å². The van der Waals surface area contributed by atoms with E-state index in [1.54, 1.807) is 37.0 Å². The highest BCUT2D eigenvalue weighted by molar-refractivity contribution is 7.99. The second-order valence-corrected chi connectivity index (χ2v) is 5.24. The first-order valence-electron chi connectivity index (χ1n) is 5.85. The van der Waals surface area contributed by atoms with Crippen LogP contribution >= 0.6 is 11.8 Å². The predicted octanol–water partition coefficient (Wildman–Crippen LogP) is 0.696. The molecule has 0 radical (unpaired) electrons. The summed E-state index contributed by atoms with van der Waals surface area (Å²) in [5.41, 5.74) is 1.22. The lowest BCUT2D eigenvalue weighted by Crippen LogP contribution is -2.26. The number of hydrogen-bond donors (Lipinski definition) is 1. The van der Waals surface area contributed by atoms with Crippen LogP contribution in [-0.4, -0.2) is 56.3 Å². The summed E-state index contributed by atoms with van der Waals surface area (Å²) >= 11 is 1.08. The maximum Gasteiger partial charge on any atom is 0.313 e. The largest absolute Gasteiger partial charge is 0.481 e. The van der Waals surface area contributed by atoms with Crippen molar-refractivity contribution >= 4 is 34.8 Å². The quantitative estimate of drug-likeness (QED) is 0.817. The van der Waals surface area contributed by atoms with Crippen LogP contribution in [0.15, 0.2) is 23.5 Å². The number of carbonyl (C=O) groups excluding carboxylic acids is 1. The molecular weight excluding hydrogens is 280 g/mol. The van der Waals surface area contributed by atoms with Gasteiger partial charge < -0.3 is 10.0 Å². The molecular formula is C12H14N4O3S. The van der Waals surface area contributed by atoms with Crippen molar-refractivity contribution in [2.24, 2.45) is 0 Å². The van der Waals surface area contributed by atoms with Gasteiger partial charge in [-0.05, 0) is 12.1 Å². The Kier molecular flexibility index (Phi) is 4.23. The average Bonchev–Trinajstić information content (AvgIpc) is 2.74. The summed E-state index contributed by atoms with van der Waals surface area (Å²) < 4.78 is 1.64. The Morgan fingerprint density at radius 1 is 1.45 bits per heavy atom. The van der Waals surface area contributed by atoms with Gasteiger partial charge in [0.25, 0.3) is 0 Å². The number of aromatic nitrogens is 3. The van der Waals surface area contributed by atoms with Crippen LogP contribution in [0.2, 0.25) is 0 Å². The zero-order valence-corrected chi connectivity index (χ0v) is 11.9. The lowest BCUT2D eigenvalue weighted by Gasteiger charge is -2.12. The van der Waals surface area contributed by atoms with Crippen molar-refractivity contribution < 1.29 is 14.7 Å². The number of carboxylic acid groups (broad SMARTS) is 1. The number of carbonyl (C=O) groups is 2. The van der Waals surface area contributed by atoms with Crippen molar-refractivity contribution in [3.05, 3.63) is 18.3 Å². The molecule has 0 spiro atoms. The fourth-order valence-corrected chi connectivity index (χ4v) is 2.32. The highest BCUT2D eigenvalue weighted by atomic mass is 32.2. The fraction of sp³-hybridized carbons (Fsp3) is 0.333. The standard InChI is InChI=1S/C12H14N4O3S/c1-15(2)9(17)6-16-11-8(4-3-5-13-11)14-12(16)20-7-10(18)19/h3-5H,6-7H2,1-2H3,(H,18,19). The molecule has 2 rings (SSSR count). The van der Waals surface area contributed by atoms with Crippen LogP contribution in [0, 0.1) is 0 Å². The van der Waals surface area contributed by atoms with E-state index in [4.69, 9.17) is 5.11 Å². The van der Waals surface area contributed by atoms with Crippen molar-refractivity contribution in [2.45, 2.75) is 11.7 Å². The third-order valence-corrected chi connectivity index (χ3v) is 3.55. The molecule has 0 unspecified atom stereocenters. The third-order valence-electron chi connectivity index (χ3n) is 2.59. The minimum atomic E-state index is -0.930. The van der Waals surface area contributed by atoms with Gasteiger partial charge in [0.15, 0.2) is 10.8 Å². The lowest BCUT2D eigenvalue weighted by molar-refractivity contribution is -0.134. The zero-order chi connectivity index (χ0) is 14.7. The smallest absolute Gasteiger partial charge is 0.313 e. The maximum atomic E-state index is 11.9. The van der Waals surface area contributed by atoms with Crippen molar-refractivity contribution in [1.82, 2.24) is 19.4 Å². The second-order valence-electron chi connectivity index (χ2n) is 4.30. The summed E-state index contributed by atoms with van der Waals surface area (Å²) in [6.45, 7) is 0.0858. The van der Waals surface area contributed by atoms with Crippen LogP contribution in [0.25, 0.3) is 11.2 Å². The van der Waals surface area contributed by atoms with E-state index in [1.807, 2.05) is 0 Å². The van der Waals surface area contributed by atoms with Gasteiger partial charge in [-0.1, -0.05) is 11.8 Å². The van der Waals surface area contributed by atoms with Crippen molar-refractivity contribution in [1.29, 1.82) is 0 Å². The van der Waals surface area contributed by atoms with Gasteiger partial charge >= 0.3 is 5.97 Å². The molecule has 0 saturated heterocycles. The van der Waals surface area contributed by atoms with Crippen LogP contribution in [0.3, 0.4) is 0 Å². The van der Waals surface area contributed by atoms with E-state index < -0.39 is 5.97 Å². The molecule has 0 aliphatic heterocycles. The minimum absolute atomic E-state index is 0.0858. The van der Waals surface area contributed by atoms with E-state index in [9.17, 15) is 9.59 Å². The van der Waals surface area contributed by atoms with Gasteiger partial charge in [-0.2, -0.15) is 0 Å². The SMILES string of the molecule is CN(C)C(=O)Cn1c(SCC(=O)O)nc2cccnc21. The van der Waals surface area contributed by atoms with Gasteiger partial charge in [-0.25, -0.2) is 9.97 Å². The number of imidazole rings is 1. The van der Waals surface area contributed by atoms with E-state index in [1.165, 1.54) is 4.90 Å². The number of nitrogens with zero attached hydrogens (tertiary/aromatic N) is 4. The first-order chi connectivity index (χ1) is 9.49. The molecule has 7 nitrogen and oxygen atoms in total. The Bertz CT molecular complexity index is 653. The van der Waals surface area contributed by atoms with Crippen LogP contribution < -0.4 is 0 Å². The predicted molar refractivity (Wildman–Crippen MR) is 74.6 cm³/mol. The molecule has 0 fully saturated rings. The molecule has 2 heterocycles. The Labute approximate surface area is 119 Å². The summed E-state index contributed by atoms with van der Waals surface area (Å²) in [6.07, 6.45) is 1.62. The zero-order valence-electron chi connectivity index (χ0n) is 11.1. The van der Waals surface area contributed by atoms with Crippen molar-refractivity contribution in [2.75, 3.05) is 19.8 Å². The lowest BCUT2D eigenvalue weighted by atomic mass is 10.4. The van der Waals surface area contributed by atoms with Gasteiger partial charge in [-0.15, -0.1) is 0 Å². The molecule has 8 heteroatoms. The van der Waals surface area contributed by atoms with E-state index in [2.05, 4.69) is 9.97 Å². The van der Waals surface area contributed by atoms with Crippen LogP contribution in [-0.2, 0) is 16.1 Å².